The molecule has 4 atom stereocenters. The fourth-order valence-electron chi connectivity index (χ4n) is 18.3. The van der Waals surface area contributed by atoms with Gasteiger partial charge < -0.3 is 0 Å². The Bertz CT molecular complexity index is 1370. The zero-order valence-corrected chi connectivity index (χ0v) is 13.5. The van der Waals surface area contributed by atoms with E-state index in [4.69, 9.17) is 4.42 Å². The molecule has 3 heteroatoms. The van der Waals surface area contributed by atoms with Gasteiger partial charge in [0, 0.05) is 0 Å². The Morgan fingerprint density at radius 3 is 1.91 bits per heavy atom. The quantitative estimate of drug-likeness (QED) is 0.735. The second kappa shape index (κ2) is 0.891. The minimum absolute atomic E-state index is 0.358. The summed E-state index contributed by atoms with van der Waals surface area (Å²) in [7, 11) is 0. The molecule has 1 spiro atoms. The molecule has 0 bridgehead atoms. The fraction of sp³-hybridized carbons (Fsp3) is 0.500. The van der Waals surface area contributed by atoms with Crippen molar-refractivity contribution in [2.24, 2.45) is 0 Å². The van der Waals surface area contributed by atoms with Crippen LogP contribution in [0.2, 0.25) is 43.3 Å². The van der Waals surface area contributed by atoms with E-state index in [0.717, 1.165) is 0 Å². The standard InChI is InChI=1S/C15H11O2.C5H5.Fe/c16-13-7-5-11(6-8-13)14-9-10-17-15(14)12-3-1-2-4-12;1-2-4-5-3-1;/h1-10,16H;1-5H;. The number of benzene rings is 1. The van der Waals surface area contributed by atoms with Crippen molar-refractivity contribution in [2.45, 2.75) is 47.7 Å². The molecule has 10 saturated heterocycles. The second-order valence-corrected chi connectivity index (χ2v) is 35.9. The van der Waals surface area contributed by atoms with Gasteiger partial charge in [-0.1, -0.05) is 0 Å². The number of furan rings is 1. The average Bonchev–Trinajstić information content (AvgIpc) is 3.47. The molecule has 0 aliphatic carbocycles. The number of hydrogen-bond acceptors (Lipinski definition) is 2. The van der Waals surface area contributed by atoms with E-state index in [1.165, 1.54) is 60.2 Å². The van der Waals surface area contributed by atoms with Crippen molar-refractivity contribution in [3.63, 3.8) is 0 Å². The number of rotatable bonds is 2. The van der Waals surface area contributed by atoms with Crippen LogP contribution in [0.3, 0.4) is 0 Å². The Hall–Kier alpha value is -1.18. The molecule has 11 heterocycles. The van der Waals surface area contributed by atoms with Crippen LogP contribution in [-0.2, 0) is 10.8 Å². The maximum atomic E-state index is 9.62. The number of phenolic OH excluding ortho intramolecular Hbond substituents is 1. The third kappa shape index (κ3) is 0.126. The first-order valence-electron chi connectivity index (χ1n) is 9.11. The normalized spacial score (nSPS) is 91.0. The first-order chi connectivity index (χ1) is 11.0. The van der Waals surface area contributed by atoms with Crippen LogP contribution in [0.1, 0.15) is 5.76 Å². The number of hydrogen-bond donors (Lipinski definition) is 1. The molecular weight excluding hydrogens is 328 g/mol. The summed E-state index contributed by atoms with van der Waals surface area (Å²) in [5, 5.41) is 9.62. The summed E-state index contributed by atoms with van der Waals surface area (Å²) in [5.74, 6) is 1.81. The predicted molar refractivity (Wildman–Crippen MR) is 81.2 cm³/mol. The number of aromatic hydroxyl groups is 1. The van der Waals surface area contributed by atoms with E-state index in [9.17, 15) is 5.11 Å². The van der Waals surface area contributed by atoms with Crippen LogP contribution in [0.15, 0.2) is 41.0 Å². The molecule has 10 aliphatic heterocycles. The molecule has 0 radical (unpaired) electrons. The van der Waals surface area contributed by atoms with Crippen LogP contribution in [0.25, 0.3) is 11.1 Å². The van der Waals surface area contributed by atoms with Crippen LogP contribution in [0.5, 0.6) is 5.75 Å². The molecule has 0 amide bonds. The van der Waals surface area contributed by atoms with Gasteiger partial charge in [0.15, 0.2) is 0 Å². The summed E-state index contributed by atoms with van der Waals surface area (Å²) in [6, 6.07) is 10.0. The Balaban J connectivity index is 1.30. The fourth-order valence-corrected chi connectivity index (χ4v) is 92.1. The second-order valence-electron chi connectivity index (χ2n) is 12.4. The predicted octanol–water partition coefficient (Wildman–Crippen LogP) is 5.45. The van der Waals surface area contributed by atoms with Crippen LogP contribution in [0.4, 0.5) is 0 Å². The van der Waals surface area contributed by atoms with Crippen molar-refractivity contribution < 1.29 is 16.0 Å². The van der Waals surface area contributed by atoms with Crippen molar-refractivity contribution in [3.8, 4) is 16.9 Å². The van der Waals surface area contributed by atoms with Gasteiger partial charge in [-0.05, 0) is 0 Å². The third-order valence-corrected chi connectivity index (χ3v) is 59.2. The van der Waals surface area contributed by atoms with Crippen molar-refractivity contribution in [1.29, 1.82) is 0 Å². The first-order valence-corrected chi connectivity index (χ1v) is 15.4. The molecule has 10 aliphatic rings. The number of phenols is 1. The van der Waals surface area contributed by atoms with E-state index in [0.29, 0.717) is 10.1 Å². The molecule has 10 fully saturated rings. The van der Waals surface area contributed by atoms with Gasteiger partial charge in [-0.3, -0.25) is 0 Å². The van der Waals surface area contributed by atoms with Crippen molar-refractivity contribution in [1.82, 2.24) is 0 Å². The summed E-state index contributed by atoms with van der Waals surface area (Å²) in [6.07, 6.45) is 1.96. The molecule has 0 saturated carbocycles. The Morgan fingerprint density at radius 2 is 1.43 bits per heavy atom. The Morgan fingerprint density at radius 1 is 0.826 bits per heavy atom. The molecule has 1 N–H and O–H groups in total. The van der Waals surface area contributed by atoms with Crippen molar-refractivity contribution >= 4 is 0 Å². The molecule has 4 unspecified atom stereocenters. The molecule has 23 heavy (non-hydrogen) atoms. The SMILES string of the molecule is Oc1ccc(-c2ccoc2[C]23[CH]4[CH]5[CH]6[CH]2[Fe]56432789[CH]3[CH]2[CH]7[CH]8[CH]39)cc1. The average molecular weight is 344 g/mol. The molecule has 116 valence electrons. The van der Waals surface area contributed by atoms with E-state index in [1.54, 1.807) is 0 Å². The minimum atomic E-state index is -3.15. The van der Waals surface area contributed by atoms with Gasteiger partial charge in [0.1, 0.15) is 0 Å². The Kier molecular flexibility index (Phi) is 0.340. The van der Waals surface area contributed by atoms with Gasteiger partial charge in [-0.2, -0.15) is 0 Å². The summed E-state index contributed by atoms with van der Waals surface area (Å²) in [5.41, 5.74) is 2.63. The van der Waals surface area contributed by atoms with E-state index >= 15 is 0 Å². The molecule has 1 aromatic carbocycles. The molecule has 2 nitrogen and oxygen atoms in total. The van der Waals surface area contributed by atoms with Crippen LogP contribution >= 0.6 is 0 Å². The zero-order chi connectivity index (χ0) is 14.3. The van der Waals surface area contributed by atoms with Crippen molar-refractivity contribution in [2.75, 3.05) is 0 Å². The molecule has 1 aromatic heterocycles. The summed E-state index contributed by atoms with van der Waals surface area (Å²) in [6.45, 7) is -3.15. The monoisotopic (exact) mass is 344 g/mol. The third-order valence-electron chi connectivity index (χ3n) is 16.9. The molecule has 2 aromatic rings. The first kappa shape index (κ1) is 8.78. The van der Waals surface area contributed by atoms with Crippen molar-refractivity contribution in [3.05, 3.63) is 42.4 Å². The number of fused-ring (bicyclic) bond motifs is 10. The van der Waals surface area contributed by atoms with Gasteiger partial charge in [0.2, 0.25) is 0 Å². The Labute approximate surface area is 123 Å². The van der Waals surface area contributed by atoms with Gasteiger partial charge in [0.25, 0.3) is 0 Å². The summed E-state index contributed by atoms with van der Waals surface area (Å²) < 4.78 is 7.02. The van der Waals surface area contributed by atoms with Crippen LogP contribution < -0.4 is 0 Å². The van der Waals surface area contributed by atoms with Gasteiger partial charge in [0.05, 0.1) is 0 Å². The van der Waals surface area contributed by atoms with Gasteiger partial charge in [-0.15, -0.1) is 0 Å². The molecular formula is C20H16FeO2. The van der Waals surface area contributed by atoms with Gasteiger partial charge in [-0.25, -0.2) is 0 Å². The van der Waals surface area contributed by atoms with E-state index in [1.807, 2.05) is 18.4 Å². The van der Waals surface area contributed by atoms with E-state index in [-0.39, 0.29) is 0 Å². The topological polar surface area (TPSA) is 33.4 Å². The van der Waals surface area contributed by atoms with E-state index < -0.39 is 6.51 Å². The summed E-state index contributed by atoms with van der Waals surface area (Å²) >= 11 is 0. The van der Waals surface area contributed by atoms with E-state index in [2.05, 4.69) is 18.2 Å². The summed E-state index contributed by atoms with van der Waals surface area (Å²) in [4.78, 5) is 11.8. The van der Waals surface area contributed by atoms with Crippen LogP contribution in [-0.4, -0.2) is 5.11 Å². The van der Waals surface area contributed by atoms with Crippen LogP contribution in [0, 0.1) is 0 Å². The maximum absolute atomic E-state index is 9.62. The van der Waals surface area contributed by atoms with Gasteiger partial charge >= 0.3 is 123 Å². The molecule has 12 rings (SSSR count). The zero-order valence-electron chi connectivity index (χ0n) is 12.4.